The van der Waals surface area contributed by atoms with Gasteiger partial charge in [-0.25, -0.2) is 8.78 Å². The summed E-state index contributed by atoms with van der Waals surface area (Å²) in [5.74, 6) is -5.41. The first kappa shape index (κ1) is 21.7. The molecule has 4 rings (SSSR count). The molecule has 0 N–H and O–H groups in total. The molecule has 0 bridgehead atoms. The summed E-state index contributed by atoms with van der Waals surface area (Å²) >= 11 is 0. The molecule has 0 aromatic heterocycles. The zero-order valence-electron chi connectivity index (χ0n) is 17.5. The average Bonchev–Trinajstić information content (AvgIpc) is 3.13. The molecule has 3 nitrogen and oxygen atoms in total. The first-order chi connectivity index (χ1) is 14.9. The predicted octanol–water partition coefficient (Wildman–Crippen LogP) is 6.11. The fraction of sp³-hybridized carbons (Fsp3) is 0.417. The second-order valence-electron chi connectivity index (χ2n) is 7.79. The quantitative estimate of drug-likeness (QED) is 0.331. The van der Waals surface area contributed by atoms with Gasteiger partial charge in [-0.15, -0.1) is 0 Å². The maximum atomic E-state index is 14.9. The maximum Gasteiger partial charge on any atom is 0.201 e. The van der Waals surface area contributed by atoms with Crippen molar-refractivity contribution in [2.75, 3.05) is 19.8 Å². The van der Waals surface area contributed by atoms with Crippen LogP contribution in [0.5, 0.6) is 11.5 Å². The van der Waals surface area contributed by atoms with E-state index in [1.54, 1.807) is 6.92 Å². The zero-order chi connectivity index (χ0) is 22.1. The van der Waals surface area contributed by atoms with E-state index in [9.17, 15) is 17.6 Å². The van der Waals surface area contributed by atoms with Crippen molar-refractivity contribution in [2.45, 2.75) is 45.6 Å². The molecule has 0 saturated heterocycles. The lowest BCUT2D eigenvalue weighted by Crippen LogP contribution is -2.21. The van der Waals surface area contributed by atoms with Crippen molar-refractivity contribution in [3.05, 3.63) is 58.2 Å². The van der Waals surface area contributed by atoms with E-state index in [0.717, 1.165) is 24.8 Å². The van der Waals surface area contributed by atoms with Crippen LogP contribution in [0.25, 0.3) is 11.1 Å². The summed E-state index contributed by atoms with van der Waals surface area (Å²) in [5.41, 5.74) is 1.02. The second-order valence-corrected chi connectivity index (χ2v) is 7.79. The van der Waals surface area contributed by atoms with Crippen molar-refractivity contribution in [3.8, 4) is 22.6 Å². The number of fused-ring (bicyclic) bond motifs is 3. The molecular formula is C24H24F4O3. The molecule has 1 aliphatic heterocycles. The molecule has 0 fully saturated rings. The van der Waals surface area contributed by atoms with Crippen LogP contribution < -0.4 is 9.47 Å². The van der Waals surface area contributed by atoms with E-state index >= 15 is 0 Å². The number of hydrogen-bond acceptors (Lipinski definition) is 3. The molecule has 1 aliphatic carbocycles. The Balaban J connectivity index is 1.58. The Kier molecular flexibility index (Phi) is 6.23. The van der Waals surface area contributed by atoms with Gasteiger partial charge in [0, 0.05) is 11.1 Å². The fourth-order valence-electron chi connectivity index (χ4n) is 4.14. The third-order valence-corrected chi connectivity index (χ3v) is 5.64. The second kappa shape index (κ2) is 8.91. The molecule has 0 radical (unpaired) electrons. The summed E-state index contributed by atoms with van der Waals surface area (Å²) in [6.07, 6.45) is 5.07. The van der Waals surface area contributed by atoms with Gasteiger partial charge < -0.3 is 14.2 Å². The lowest BCUT2D eigenvalue weighted by atomic mass is 10.0. The summed E-state index contributed by atoms with van der Waals surface area (Å²) in [4.78, 5) is 0. The van der Waals surface area contributed by atoms with E-state index in [-0.39, 0.29) is 48.4 Å². The summed E-state index contributed by atoms with van der Waals surface area (Å²) in [5, 5.41) is 0. The van der Waals surface area contributed by atoms with Gasteiger partial charge in [-0.3, -0.25) is 0 Å². The van der Waals surface area contributed by atoms with Crippen LogP contribution in [0.4, 0.5) is 17.6 Å². The molecule has 166 valence electrons. The molecule has 1 heterocycles. The fourth-order valence-corrected chi connectivity index (χ4v) is 4.14. The van der Waals surface area contributed by atoms with E-state index in [2.05, 4.69) is 6.92 Å². The minimum absolute atomic E-state index is 0.0679. The van der Waals surface area contributed by atoms with Gasteiger partial charge in [0.05, 0.1) is 19.3 Å². The highest BCUT2D eigenvalue weighted by Gasteiger charge is 2.32. The molecule has 7 heteroatoms. The van der Waals surface area contributed by atoms with Crippen molar-refractivity contribution in [3.63, 3.8) is 0 Å². The average molecular weight is 436 g/mol. The van der Waals surface area contributed by atoms with Crippen molar-refractivity contribution in [1.29, 1.82) is 0 Å². The minimum atomic E-state index is -1.24. The molecule has 31 heavy (non-hydrogen) atoms. The largest absolute Gasteiger partial charge is 0.491 e. The van der Waals surface area contributed by atoms with E-state index in [4.69, 9.17) is 14.2 Å². The monoisotopic (exact) mass is 436 g/mol. The van der Waals surface area contributed by atoms with Crippen LogP contribution in [0.15, 0.2) is 23.8 Å². The number of rotatable bonds is 7. The molecule has 0 amide bonds. The topological polar surface area (TPSA) is 27.7 Å². The Labute approximate surface area is 178 Å². The van der Waals surface area contributed by atoms with Gasteiger partial charge in [0.1, 0.15) is 6.61 Å². The van der Waals surface area contributed by atoms with Crippen LogP contribution in [0.3, 0.4) is 0 Å². The van der Waals surface area contributed by atoms with Gasteiger partial charge in [-0.1, -0.05) is 19.4 Å². The summed E-state index contributed by atoms with van der Waals surface area (Å²) in [6.45, 7) is 4.35. The van der Waals surface area contributed by atoms with E-state index in [1.165, 1.54) is 12.1 Å². The van der Waals surface area contributed by atoms with Crippen molar-refractivity contribution in [2.24, 2.45) is 0 Å². The SMILES string of the molecule is CCCC1CC=C(COc2cc3c(c(F)c2F)-c2c(cc(OCC)c(F)c2F)C3)CO1. The highest BCUT2D eigenvalue weighted by atomic mass is 19.2. The van der Waals surface area contributed by atoms with Gasteiger partial charge in [0.25, 0.3) is 0 Å². The lowest BCUT2D eigenvalue weighted by Gasteiger charge is -2.22. The van der Waals surface area contributed by atoms with Crippen molar-refractivity contribution >= 4 is 0 Å². The Morgan fingerprint density at radius 2 is 1.52 bits per heavy atom. The Hall–Kier alpha value is -2.54. The molecule has 1 unspecified atom stereocenters. The standard InChI is InChI=1S/C24H24F4O3/c1-3-5-16-7-6-13(11-30-16)12-31-18-10-15-8-14-9-17(29-4-2)21(25)23(27)19(14)20(15)24(28)22(18)26/h6,9-10,16H,3-5,7-8,11-12H2,1-2H3. The van der Waals surface area contributed by atoms with E-state index < -0.39 is 23.3 Å². The van der Waals surface area contributed by atoms with Gasteiger partial charge >= 0.3 is 0 Å². The predicted molar refractivity (Wildman–Crippen MR) is 109 cm³/mol. The van der Waals surface area contributed by atoms with Crippen LogP contribution in [0.1, 0.15) is 44.2 Å². The molecule has 1 atom stereocenters. The normalized spacial score (nSPS) is 17.2. The Morgan fingerprint density at radius 3 is 2.03 bits per heavy atom. The van der Waals surface area contributed by atoms with Crippen LogP contribution in [-0.2, 0) is 11.2 Å². The highest BCUT2D eigenvalue weighted by molar-refractivity contribution is 5.79. The Bertz CT molecular complexity index is 1030. The van der Waals surface area contributed by atoms with Crippen LogP contribution in [0, 0.1) is 23.3 Å². The van der Waals surface area contributed by atoms with Crippen LogP contribution >= 0.6 is 0 Å². The van der Waals surface area contributed by atoms with Crippen molar-refractivity contribution in [1.82, 2.24) is 0 Å². The van der Waals surface area contributed by atoms with Gasteiger partial charge in [-0.05, 0) is 55.0 Å². The number of halogens is 4. The third-order valence-electron chi connectivity index (χ3n) is 5.64. The van der Waals surface area contributed by atoms with Crippen LogP contribution in [0.2, 0.25) is 0 Å². The first-order valence-corrected chi connectivity index (χ1v) is 10.5. The lowest BCUT2D eigenvalue weighted by molar-refractivity contribution is 0.0509. The van der Waals surface area contributed by atoms with E-state index in [0.29, 0.717) is 17.7 Å². The maximum absolute atomic E-state index is 14.9. The molecule has 0 spiro atoms. The third kappa shape index (κ3) is 4.03. The number of ether oxygens (including phenoxy) is 3. The summed E-state index contributed by atoms with van der Waals surface area (Å²) in [6, 6.07) is 2.70. The zero-order valence-corrected chi connectivity index (χ0v) is 17.5. The van der Waals surface area contributed by atoms with Crippen molar-refractivity contribution < 1.29 is 31.8 Å². The smallest absolute Gasteiger partial charge is 0.201 e. The number of hydrogen-bond donors (Lipinski definition) is 0. The minimum Gasteiger partial charge on any atom is -0.491 e. The summed E-state index contributed by atoms with van der Waals surface area (Å²) in [7, 11) is 0. The molecule has 2 aliphatic rings. The van der Waals surface area contributed by atoms with Gasteiger partial charge in [0.2, 0.25) is 11.6 Å². The molecule has 2 aromatic carbocycles. The molecule has 2 aromatic rings. The van der Waals surface area contributed by atoms with Gasteiger partial charge in [-0.2, -0.15) is 8.78 Å². The Morgan fingerprint density at radius 1 is 0.903 bits per heavy atom. The van der Waals surface area contributed by atoms with E-state index in [1.807, 2.05) is 6.08 Å². The summed E-state index contributed by atoms with van der Waals surface area (Å²) < 4.78 is 74.9. The van der Waals surface area contributed by atoms with Crippen LogP contribution in [-0.4, -0.2) is 25.9 Å². The number of benzene rings is 2. The highest BCUT2D eigenvalue weighted by Crippen LogP contribution is 2.45. The molecular weight excluding hydrogens is 412 g/mol. The van der Waals surface area contributed by atoms with Gasteiger partial charge in [0.15, 0.2) is 23.1 Å². The molecule has 0 saturated carbocycles. The first-order valence-electron chi connectivity index (χ1n) is 10.5.